The highest BCUT2D eigenvalue weighted by atomic mass is 32.1. The molecule has 3 heterocycles. The van der Waals surface area contributed by atoms with E-state index in [0.717, 1.165) is 0 Å². The maximum atomic E-state index is 12.5. The predicted molar refractivity (Wildman–Crippen MR) is 107 cm³/mol. The van der Waals surface area contributed by atoms with E-state index in [1.54, 1.807) is 22.4 Å². The lowest BCUT2D eigenvalue weighted by Gasteiger charge is -2.26. The number of ether oxygens (including phenoxy) is 1. The van der Waals surface area contributed by atoms with Crippen LogP contribution in [-0.2, 0) is 20.7 Å². The molecule has 1 aliphatic rings. The second kappa shape index (κ2) is 9.66. The van der Waals surface area contributed by atoms with Crippen LogP contribution in [0.3, 0.4) is 0 Å². The number of morpholine rings is 1. The molecule has 0 spiro atoms. The second-order valence-corrected chi connectivity index (χ2v) is 7.72. The van der Waals surface area contributed by atoms with Crippen LogP contribution in [0.2, 0.25) is 0 Å². The van der Waals surface area contributed by atoms with Crippen LogP contribution in [-0.4, -0.2) is 71.4 Å². The van der Waals surface area contributed by atoms with Gasteiger partial charge in [-0.15, -0.1) is 11.3 Å². The summed E-state index contributed by atoms with van der Waals surface area (Å²) in [5.74, 6) is -0.536. The number of thiazole rings is 1. The summed E-state index contributed by atoms with van der Waals surface area (Å²) in [5, 5.41) is 4.85. The number of furan rings is 1. The smallest absolute Gasteiger partial charge is 0.290 e. The van der Waals surface area contributed by atoms with E-state index in [1.807, 2.05) is 13.8 Å². The number of nitrogens with one attached hydrogen (secondary N) is 1. The van der Waals surface area contributed by atoms with Crippen molar-refractivity contribution in [2.24, 2.45) is 0 Å². The molecular weight excluding hydrogens is 396 g/mol. The van der Waals surface area contributed by atoms with E-state index in [9.17, 15) is 14.4 Å². The molecule has 2 aromatic heterocycles. The lowest BCUT2D eigenvalue weighted by molar-refractivity contribution is -0.134. The number of aromatic nitrogens is 1. The average Bonchev–Trinajstić information content (AvgIpc) is 3.38. The Labute approximate surface area is 172 Å². The lowest BCUT2D eigenvalue weighted by Crippen LogP contribution is -2.42. The third-order valence-corrected chi connectivity index (χ3v) is 5.23. The number of rotatable bonds is 7. The predicted octanol–water partition coefficient (Wildman–Crippen LogP) is 1.63. The van der Waals surface area contributed by atoms with E-state index in [2.05, 4.69) is 10.3 Å². The molecule has 3 amide bonds. The molecule has 1 saturated heterocycles. The molecule has 2 aromatic rings. The van der Waals surface area contributed by atoms with Gasteiger partial charge in [0.05, 0.1) is 31.6 Å². The summed E-state index contributed by atoms with van der Waals surface area (Å²) in [4.78, 5) is 44.7. The van der Waals surface area contributed by atoms with Crippen molar-refractivity contribution in [1.29, 1.82) is 0 Å². The van der Waals surface area contributed by atoms with Crippen LogP contribution in [0.1, 0.15) is 30.1 Å². The van der Waals surface area contributed by atoms with E-state index in [1.165, 1.54) is 22.5 Å². The fourth-order valence-corrected chi connectivity index (χ4v) is 3.60. The van der Waals surface area contributed by atoms with E-state index in [4.69, 9.17) is 9.15 Å². The SMILES string of the molecule is CC(C)N(CC(=O)Nc1nc(CC(=O)N2CCOCC2)cs1)C(=O)c1ccco1. The van der Waals surface area contributed by atoms with Crippen molar-refractivity contribution < 1.29 is 23.5 Å². The molecule has 0 aliphatic carbocycles. The molecule has 0 radical (unpaired) electrons. The molecular formula is C19H24N4O5S. The number of nitrogens with zero attached hydrogens (tertiary/aromatic N) is 3. The van der Waals surface area contributed by atoms with Gasteiger partial charge in [-0.1, -0.05) is 0 Å². The number of carbonyl (C=O) groups is 3. The summed E-state index contributed by atoms with van der Waals surface area (Å²) in [5.41, 5.74) is 0.606. The molecule has 1 N–H and O–H groups in total. The van der Waals surface area contributed by atoms with Crippen molar-refractivity contribution in [3.05, 3.63) is 35.2 Å². The fourth-order valence-electron chi connectivity index (χ4n) is 2.87. The lowest BCUT2D eigenvalue weighted by atomic mass is 10.2. The molecule has 29 heavy (non-hydrogen) atoms. The highest BCUT2D eigenvalue weighted by molar-refractivity contribution is 7.13. The van der Waals surface area contributed by atoms with Gasteiger partial charge in [0, 0.05) is 24.5 Å². The van der Waals surface area contributed by atoms with Crippen molar-refractivity contribution >= 4 is 34.2 Å². The van der Waals surface area contributed by atoms with Gasteiger partial charge >= 0.3 is 0 Å². The average molecular weight is 420 g/mol. The molecule has 0 aromatic carbocycles. The van der Waals surface area contributed by atoms with Crippen molar-refractivity contribution in [3.63, 3.8) is 0 Å². The van der Waals surface area contributed by atoms with Gasteiger partial charge in [-0.2, -0.15) is 0 Å². The van der Waals surface area contributed by atoms with Crippen LogP contribution in [0, 0.1) is 0 Å². The Balaban J connectivity index is 1.55. The molecule has 1 aliphatic heterocycles. The zero-order valence-corrected chi connectivity index (χ0v) is 17.2. The van der Waals surface area contributed by atoms with Gasteiger partial charge in [0.15, 0.2) is 10.9 Å². The largest absolute Gasteiger partial charge is 0.459 e. The molecule has 9 nitrogen and oxygen atoms in total. The molecule has 0 unspecified atom stereocenters. The third-order valence-electron chi connectivity index (χ3n) is 4.42. The van der Waals surface area contributed by atoms with E-state index < -0.39 is 0 Å². The minimum Gasteiger partial charge on any atom is -0.459 e. The van der Waals surface area contributed by atoms with Crippen molar-refractivity contribution in [1.82, 2.24) is 14.8 Å². The molecule has 10 heteroatoms. The topological polar surface area (TPSA) is 105 Å². The minimum absolute atomic E-state index is 0.00787. The van der Waals surface area contributed by atoms with Gasteiger partial charge in [-0.05, 0) is 26.0 Å². The standard InChI is InChI=1S/C19H24N4O5S/c1-13(2)23(18(26)15-4-3-7-28-15)11-16(24)21-19-20-14(12-29-19)10-17(25)22-5-8-27-9-6-22/h3-4,7,12-13H,5-6,8-11H2,1-2H3,(H,20,21,24). The number of carbonyl (C=O) groups excluding carboxylic acids is 3. The first kappa shape index (κ1) is 21.0. The Kier molecular flexibility index (Phi) is 6.99. The first-order chi connectivity index (χ1) is 13.9. The van der Waals surface area contributed by atoms with Crippen LogP contribution in [0.4, 0.5) is 5.13 Å². The maximum Gasteiger partial charge on any atom is 0.290 e. The molecule has 0 atom stereocenters. The van der Waals surface area contributed by atoms with Gasteiger partial charge in [0.25, 0.3) is 5.91 Å². The number of hydrogen-bond acceptors (Lipinski definition) is 7. The van der Waals surface area contributed by atoms with Gasteiger partial charge in [-0.3, -0.25) is 14.4 Å². The Bertz CT molecular complexity index is 843. The molecule has 0 bridgehead atoms. The van der Waals surface area contributed by atoms with E-state index in [-0.39, 0.29) is 42.5 Å². The fraction of sp³-hybridized carbons (Fsp3) is 0.474. The molecule has 1 fully saturated rings. The van der Waals surface area contributed by atoms with Crippen molar-refractivity contribution in [3.8, 4) is 0 Å². The van der Waals surface area contributed by atoms with Gasteiger partial charge in [0.2, 0.25) is 11.8 Å². The van der Waals surface area contributed by atoms with Crippen molar-refractivity contribution in [2.45, 2.75) is 26.3 Å². The van der Waals surface area contributed by atoms with Crippen LogP contribution in [0.15, 0.2) is 28.2 Å². The second-order valence-electron chi connectivity index (χ2n) is 6.87. The number of anilines is 1. The zero-order chi connectivity index (χ0) is 20.8. The highest BCUT2D eigenvalue weighted by Crippen LogP contribution is 2.17. The Morgan fingerprint density at radius 1 is 1.31 bits per heavy atom. The van der Waals surface area contributed by atoms with Gasteiger partial charge in [0.1, 0.15) is 6.54 Å². The Morgan fingerprint density at radius 3 is 2.72 bits per heavy atom. The summed E-state index contributed by atoms with van der Waals surface area (Å²) in [7, 11) is 0. The van der Waals surface area contributed by atoms with Gasteiger partial charge < -0.3 is 24.3 Å². The Morgan fingerprint density at radius 2 is 2.07 bits per heavy atom. The summed E-state index contributed by atoms with van der Waals surface area (Å²) < 4.78 is 10.4. The number of amides is 3. The first-order valence-corrected chi connectivity index (χ1v) is 10.3. The normalized spacial score (nSPS) is 14.1. The molecule has 0 saturated carbocycles. The van der Waals surface area contributed by atoms with Crippen molar-refractivity contribution in [2.75, 3.05) is 38.2 Å². The summed E-state index contributed by atoms with van der Waals surface area (Å²) in [6.45, 7) is 5.79. The van der Waals surface area contributed by atoms with Crippen LogP contribution < -0.4 is 5.32 Å². The minimum atomic E-state index is -0.362. The summed E-state index contributed by atoms with van der Waals surface area (Å²) in [6, 6.07) is 3.01. The van der Waals surface area contributed by atoms with Crippen LogP contribution in [0.25, 0.3) is 0 Å². The van der Waals surface area contributed by atoms with Crippen LogP contribution >= 0.6 is 11.3 Å². The quantitative estimate of drug-likeness (QED) is 0.730. The number of hydrogen-bond donors (Lipinski definition) is 1. The van der Waals surface area contributed by atoms with E-state index in [0.29, 0.717) is 37.1 Å². The third kappa shape index (κ3) is 5.64. The highest BCUT2D eigenvalue weighted by Gasteiger charge is 2.24. The molecule has 156 valence electrons. The van der Waals surface area contributed by atoms with E-state index >= 15 is 0 Å². The molecule has 3 rings (SSSR count). The Hall–Kier alpha value is -2.72. The van der Waals surface area contributed by atoms with Gasteiger partial charge in [-0.25, -0.2) is 4.98 Å². The first-order valence-electron chi connectivity index (χ1n) is 9.38. The summed E-state index contributed by atoms with van der Waals surface area (Å²) >= 11 is 1.25. The maximum absolute atomic E-state index is 12.5. The monoisotopic (exact) mass is 420 g/mol. The summed E-state index contributed by atoms with van der Waals surface area (Å²) in [6.07, 6.45) is 1.60. The zero-order valence-electron chi connectivity index (χ0n) is 16.4. The van der Waals surface area contributed by atoms with Crippen LogP contribution in [0.5, 0.6) is 0 Å².